The van der Waals surface area contributed by atoms with Gasteiger partial charge in [-0.05, 0) is 19.1 Å². The maximum atomic E-state index is 10.9. The number of aliphatic carboxylic acids is 1. The highest BCUT2D eigenvalue weighted by atomic mass is 35.5. The van der Waals surface area contributed by atoms with E-state index < -0.39 is 11.6 Å². The molecular weight excluding hydrogens is 212 g/mol. The molecule has 0 aromatic carbocycles. The fourth-order valence-electron chi connectivity index (χ4n) is 0.864. The van der Waals surface area contributed by atoms with E-state index in [0.29, 0.717) is 9.21 Å². The summed E-state index contributed by atoms with van der Waals surface area (Å²) in [5, 5.41) is 8.93. The van der Waals surface area contributed by atoms with Crippen molar-refractivity contribution in [3.8, 4) is 0 Å². The normalized spacial score (nSPS) is 15.3. The smallest absolute Gasteiger partial charge is 0.341 e. The number of ether oxygens (including phenoxy) is 1. The molecule has 0 aliphatic heterocycles. The molecule has 0 spiro atoms. The van der Waals surface area contributed by atoms with Crippen molar-refractivity contribution in [2.45, 2.75) is 12.5 Å². The van der Waals surface area contributed by atoms with Crippen LogP contribution in [-0.2, 0) is 15.1 Å². The molecule has 13 heavy (non-hydrogen) atoms. The first-order valence-electron chi connectivity index (χ1n) is 3.55. The Labute approximate surface area is 84.9 Å². The van der Waals surface area contributed by atoms with Crippen LogP contribution in [0.2, 0.25) is 4.34 Å². The van der Waals surface area contributed by atoms with Crippen LogP contribution in [0.5, 0.6) is 0 Å². The van der Waals surface area contributed by atoms with Crippen LogP contribution in [0.25, 0.3) is 0 Å². The lowest BCUT2D eigenvalue weighted by atomic mass is 10.1. The number of halogens is 1. The first kappa shape index (κ1) is 10.5. The molecule has 0 bridgehead atoms. The van der Waals surface area contributed by atoms with Gasteiger partial charge in [0.05, 0.1) is 4.34 Å². The van der Waals surface area contributed by atoms with E-state index in [2.05, 4.69) is 0 Å². The summed E-state index contributed by atoms with van der Waals surface area (Å²) in [5.41, 5.74) is -1.29. The molecule has 0 aliphatic rings. The Kier molecular flexibility index (Phi) is 2.95. The lowest BCUT2D eigenvalue weighted by molar-refractivity contribution is -0.160. The Morgan fingerprint density at radius 3 is 2.62 bits per heavy atom. The molecule has 0 radical (unpaired) electrons. The Balaban J connectivity index is 3.09. The third-order valence-electron chi connectivity index (χ3n) is 1.86. The molecule has 3 nitrogen and oxygen atoms in total. The quantitative estimate of drug-likeness (QED) is 0.851. The molecule has 1 N–H and O–H groups in total. The van der Waals surface area contributed by atoms with Crippen molar-refractivity contribution in [2.75, 3.05) is 7.11 Å². The molecule has 5 heteroatoms. The van der Waals surface area contributed by atoms with Gasteiger partial charge in [-0.3, -0.25) is 0 Å². The minimum absolute atomic E-state index is 0.555. The number of hydrogen-bond donors (Lipinski definition) is 1. The number of methoxy groups -OCH3 is 1. The van der Waals surface area contributed by atoms with E-state index in [1.165, 1.54) is 25.4 Å². The molecule has 1 rings (SSSR count). The van der Waals surface area contributed by atoms with Crippen molar-refractivity contribution in [3.05, 3.63) is 21.3 Å². The number of carbonyl (C=O) groups is 1. The van der Waals surface area contributed by atoms with Crippen LogP contribution >= 0.6 is 22.9 Å². The van der Waals surface area contributed by atoms with Crippen molar-refractivity contribution in [1.29, 1.82) is 0 Å². The molecule has 1 atom stereocenters. The Morgan fingerprint density at radius 1 is 1.69 bits per heavy atom. The van der Waals surface area contributed by atoms with Crippen molar-refractivity contribution < 1.29 is 14.6 Å². The van der Waals surface area contributed by atoms with Crippen LogP contribution < -0.4 is 0 Å². The second-order valence-corrected chi connectivity index (χ2v) is 4.36. The fourth-order valence-corrected chi connectivity index (χ4v) is 2.02. The Bertz CT molecular complexity index is 323. The monoisotopic (exact) mass is 220 g/mol. The van der Waals surface area contributed by atoms with E-state index in [0.717, 1.165) is 0 Å². The largest absolute Gasteiger partial charge is 0.479 e. The van der Waals surface area contributed by atoms with Gasteiger partial charge in [0.15, 0.2) is 5.60 Å². The number of thiophene rings is 1. The minimum atomic E-state index is -1.29. The average molecular weight is 221 g/mol. The van der Waals surface area contributed by atoms with Crippen LogP contribution in [0.15, 0.2) is 12.1 Å². The van der Waals surface area contributed by atoms with Gasteiger partial charge in [-0.1, -0.05) is 11.6 Å². The van der Waals surface area contributed by atoms with Gasteiger partial charge in [-0.25, -0.2) is 4.79 Å². The van der Waals surface area contributed by atoms with Gasteiger partial charge >= 0.3 is 5.97 Å². The average Bonchev–Trinajstić information content (AvgIpc) is 2.50. The highest BCUT2D eigenvalue weighted by molar-refractivity contribution is 7.16. The lowest BCUT2D eigenvalue weighted by Gasteiger charge is -2.21. The molecule has 1 unspecified atom stereocenters. The van der Waals surface area contributed by atoms with Gasteiger partial charge in [0.1, 0.15) is 0 Å². The van der Waals surface area contributed by atoms with Crippen molar-refractivity contribution in [3.63, 3.8) is 0 Å². The summed E-state index contributed by atoms with van der Waals surface area (Å²) in [6.07, 6.45) is 0. The zero-order valence-corrected chi connectivity index (χ0v) is 8.78. The number of carboxylic acids is 1. The van der Waals surface area contributed by atoms with Gasteiger partial charge in [-0.15, -0.1) is 11.3 Å². The van der Waals surface area contributed by atoms with Crippen LogP contribution in [0.4, 0.5) is 0 Å². The summed E-state index contributed by atoms with van der Waals surface area (Å²) in [7, 11) is 1.36. The van der Waals surface area contributed by atoms with Gasteiger partial charge < -0.3 is 9.84 Å². The summed E-state index contributed by atoms with van der Waals surface area (Å²) in [6, 6.07) is 3.31. The summed E-state index contributed by atoms with van der Waals surface area (Å²) < 4.78 is 5.51. The van der Waals surface area contributed by atoms with Crippen molar-refractivity contribution >= 4 is 28.9 Å². The van der Waals surface area contributed by atoms with E-state index in [1.807, 2.05) is 0 Å². The summed E-state index contributed by atoms with van der Waals surface area (Å²) in [6.45, 7) is 1.50. The highest BCUT2D eigenvalue weighted by Crippen LogP contribution is 2.33. The topological polar surface area (TPSA) is 46.5 Å². The second-order valence-electron chi connectivity index (χ2n) is 2.65. The second kappa shape index (κ2) is 3.65. The van der Waals surface area contributed by atoms with Crippen LogP contribution in [0, 0.1) is 0 Å². The minimum Gasteiger partial charge on any atom is -0.479 e. The molecule has 0 saturated carbocycles. The van der Waals surface area contributed by atoms with Gasteiger partial charge in [0.25, 0.3) is 0 Å². The van der Waals surface area contributed by atoms with Crippen molar-refractivity contribution in [1.82, 2.24) is 0 Å². The Hall–Kier alpha value is -0.580. The SMILES string of the molecule is COC(C)(C(=O)O)c1ccc(Cl)s1. The van der Waals surface area contributed by atoms with E-state index in [-0.39, 0.29) is 0 Å². The lowest BCUT2D eigenvalue weighted by Crippen LogP contribution is -2.33. The number of hydrogen-bond acceptors (Lipinski definition) is 3. The van der Waals surface area contributed by atoms with Crippen LogP contribution in [-0.4, -0.2) is 18.2 Å². The molecule has 0 amide bonds. The van der Waals surface area contributed by atoms with E-state index in [1.54, 1.807) is 12.1 Å². The van der Waals surface area contributed by atoms with E-state index >= 15 is 0 Å². The predicted octanol–water partition coefficient (Wildman–Crippen LogP) is 2.35. The summed E-state index contributed by atoms with van der Waals surface area (Å²) in [4.78, 5) is 11.5. The maximum absolute atomic E-state index is 10.9. The zero-order valence-electron chi connectivity index (χ0n) is 7.20. The molecule has 0 fully saturated rings. The number of carboxylic acid groups (broad SMARTS) is 1. The molecule has 1 aromatic rings. The molecule has 1 heterocycles. The molecular formula is C8H9ClO3S. The predicted molar refractivity (Wildman–Crippen MR) is 51.3 cm³/mol. The van der Waals surface area contributed by atoms with Crippen molar-refractivity contribution in [2.24, 2.45) is 0 Å². The van der Waals surface area contributed by atoms with Gasteiger partial charge in [0, 0.05) is 12.0 Å². The third kappa shape index (κ3) is 1.85. The maximum Gasteiger partial charge on any atom is 0.341 e. The molecule has 0 aliphatic carbocycles. The Morgan fingerprint density at radius 2 is 2.31 bits per heavy atom. The van der Waals surface area contributed by atoms with Crippen LogP contribution in [0.3, 0.4) is 0 Å². The third-order valence-corrected chi connectivity index (χ3v) is 3.29. The standard InChI is InChI=1S/C8H9ClO3S/c1-8(12-2,7(10)11)5-3-4-6(9)13-5/h3-4H,1-2H3,(H,10,11). The fraction of sp³-hybridized carbons (Fsp3) is 0.375. The molecule has 72 valence electrons. The highest BCUT2D eigenvalue weighted by Gasteiger charge is 2.36. The van der Waals surface area contributed by atoms with Crippen LogP contribution in [0.1, 0.15) is 11.8 Å². The zero-order chi connectivity index (χ0) is 10.1. The number of rotatable bonds is 3. The van der Waals surface area contributed by atoms with Gasteiger partial charge in [0.2, 0.25) is 0 Å². The summed E-state index contributed by atoms with van der Waals surface area (Å²) in [5.74, 6) is -1.02. The first-order valence-corrected chi connectivity index (χ1v) is 4.74. The van der Waals surface area contributed by atoms with E-state index in [4.69, 9.17) is 21.4 Å². The summed E-state index contributed by atoms with van der Waals surface area (Å²) >= 11 is 6.91. The molecule has 0 saturated heterocycles. The molecule has 1 aromatic heterocycles. The van der Waals surface area contributed by atoms with Gasteiger partial charge in [-0.2, -0.15) is 0 Å². The van der Waals surface area contributed by atoms with E-state index in [9.17, 15) is 4.79 Å². The first-order chi connectivity index (χ1) is 6.00.